The van der Waals surface area contributed by atoms with Crippen LogP contribution in [0.3, 0.4) is 0 Å². The van der Waals surface area contributed by atoms with Crippen LogP contribution in [0.25, 0.3) is 0 Å². The van der Waals surface area contributed by atoms with Crippen LogP contribution in [0.2, 0.25) is 0 Å². The molecule has 2 aromatic carbocycles. The van der Waals surface area contributed by atoms with Crippen LogP contribution in [0.5, 0.6) is 0 Å². The molecule has 20 heavy (non-hydrogen) atoms. The van der Waals surface area contributed by atoms with E-state index in [2.05, 4.69) is 40.3 Å². The topological polar surface area (TPSA) is 32.3 Å². The molecule has 1 atom stereocenters. The second kappa shape index (κ2) is 6.91. The van der Waals surface area contributed by atoms with Crippen LogP contribution in [0.15, 0.2) is 59.1 Å². The van der Waals surface area contributed by atoms with Crippen molar-refractivity contribution >= 4 is 21.6 Å². The van der Waals surface area contributed by atoms with E-state index in [9.17, 15) is 5.11 Å². The maximum absolute atomic E-state index is 10.0. The van der Waals surface area contributed by atoms with Crippen molar-refractivity contribution in [1.82, 2.24) is 0 Å². The summed E-state index contributed by atoms with van der Waals surface area (Å²) in [5.41, 5.74) is 1.70. The van der Waals surface area contributed by atoms with Crippen LogP contribution < -0.4 is 5.32 Å². The van der Waals surface area contributed by atoms with E-state index in [1.165, 1.54) is 0 Å². The quantitative estimate of drug-likeness (QED) is 0.812. The number of rotatable bonds is 6. The molecule has 3 heteroatoms. The van der Waals surface area contributed by atoms with Gasteiger partial charge < -0.3 is 10.4 Å². The lowest BCUT2D eigenvalue weighted by molar-refractivity contribution is 0.202. The van der Waals surface area contributed by atoms with E-state index in [0.717, 1.165) is 28.6 Å². The molecule has 0 amide bonds. The van der Waals surface area contributed by atoms with Gasteiger partial charge in [-0.2, -0.15) is 0 Å². The normalized spacial score (nSPS) is 13.8. The Morgan fingerprint density at radius 1 is 1.05 bits per heavy atom. The maximum atomic E-state index is 10.0. The van der Waals surface area contributed by atoms with E-state index in [4.69, 9.17) is 0 Å². The fourth-order valence-electron chi connectivity index (χ4n) is 2.48. The summed E-state index contributed by atoms with van der Waals surface area (Å²) in [6.45, 7) is 2.21. The summed E-state index contributed by atoms with van der Waals surface area (Å²) in [5.74, 6) is 0. The summed E-state index contributed by atoms with van der Waals surface area (Å²) >= 11 is 3.44. The van der Waals surface area contributed by atoms with E-state index in [0.29, 0.717) is 0 Å². The molecule has 0 aliphatic carbocycles. The Bertz CT molecular complexity index is 526. The molecule has 0 fully saturated rings. The van der Waals surface area contributed by atoms with Crippen LogP contribution >= 0.6 is 15.9 Å². The summed E-state index contributed by atoms with van der Waals surface area (Å²) in [6, 6.07) is 18.2. The minimum absolute atomic E-state index is 0.0704. The van der Waals surface area contributed by atoms with Gasteiger partial charge in [-0.05, 0) is 36.2 Å². The van der Waals surface area contributed by atoms with Gasteiger partial charge in [-0.3, -0.25) is 0 Å². The molecule has 0 bridgehead atoms. The minimum atomic E-state index is -0.427. The van der Waals surface area contributed by atoms with Crippen LogP contribution in [-0.4, -0.2) is 11.7 Å². The molecular weight excluding hydrogens is 314 g/mol. The Hall–Kier alpha value is -1.32. The highest BCUT2D eigenvalue weighted by molar-refractivity contribution is 9.10. The van der Waals surface area contributed by atoms with Crippen molar-refractivity contribution in [3.63, 3.8) is 0 Å². The highest BCUT2D eigenvalue weighted by Crippen LogP contribution is 2.31. The van der Waals surface area contributed by atoms with Crippen molar-refractivity contribution in [3.8, 4) is 0 Å². The van der Waals surface area contributed by atoms with Crippen molar-refractivity contribution in [2.24, 2.45) is 0 Å². The van der Waals surface area contributed by atoms with Gasteiger partial charge in [0.05, 0.1) is 12.1 Å². The van der Waals surface area contributed by atoms with E-state index in [-0.39, 0.29) is 6.61 Å². The largest absolute Gasteiger partial charge is 0.394 e. The molecule has 0 spiro atoms. The molecule has 2 N–H and O–H groups in total. The first kappa shape index (κ1) is 15.1. The monoisotopic (exact) mass is 333 g/mol. The average Bonchev–Trinajstić information content (AvgIpc) is 2.50. The van der Waals surface area contributed by atoms with Crippen LogP contribution in [0.4, 0.5) is 5.69 Å². The second-order valence-corrected chi connectivity index (χ2v) is 5.90. The van der Waals surface area contributed by atoms with Gasteiger partial charge in [0.2, 0.25) is 0 Å². The fraction of sp³-hybridized carbons (Fsp3) is 0.294. The summed E-state index contributed by atoms with van der Waals surface area (Å²) in [7, 11) is 0. The smallest absolute Gasteiger partial charge is 0.0856 e. The van der Waals surface area contributed by atoms with Gasteiger partial charge in [-0.15, -0.1) is 0 Å². The SMILES string of the molecule is CCCC(CO)(Nc1ccc(Br)cc1)c1ccccc1. The Labute approximate surface area is 129 Å². The van der Waals surface area contributed by atoms with Crippen molar-refractivity contribution in [2.45, 2.75) is 25.3 Å². The predicted molar refractivity (Wildman–Crippen MR) is 87.9 cm³/mol. The number of aliphatic hydroxyl groups excluding tert-OH is 1. The average molecular weight is 334 g/mol. The number of hydrogen-bond donors (Lipinski definition) is 2. The summed E-state index contributed by atoms with van der Waals surface area (Å²) in [6.07, 6.45) is 1.88. The minimum Gasteiger partial charge on any atom is -0.394 e. The third-order valence-electron chi connectivity index (χ3n) is 3.50. The Morgan fingerprint density at radius 2 is 1.70 bits per heavy atom. The number of hydrogen-bond acceptors (Lipinski definition) is 2. The Balaban J connectivity index is 2.34. The molecule has 0 heterocycles. The van der Waals surface area contributed by atoms with Gasteiger partial charge in [0.15, 0.2) is 0 Å². The van der Waals surface area contributed by atoms with Gasteiger partial charge in [-0.1, -0.05) is 59.6 Å². The van der Waals surface area contributed by atoms with E-state index >= 15 is 0 Å². The number of aliphatic hydroxyl groups is 1. The molecule has 106 valence electrons. The van der Waals surface area contributed by atoms with Gasteiger partial charge in [-0.25, -0.2) is 0 Å². The van der Waals surface area contributed by atoms with Crippen molar-refractivity contribution in [2.75, 3.05) is 11.9 Å². The van der Waals surface area contributed by atoms with Crippen LogP contribution in [-0.2, 0) is 5.54 Å². The van der Waals surface area contributed by atoms with E-state index in [1.807, 2.05) is 42.5 Å². The summed E-state index contributed by atoms with van der Waals surface area (Å²) in [4.78, 5) is 0. The zero-order valence-electron chi connectivity index (χ0n) is 11.6. The Kier molecular flexibility index (Phi) is 5.21. The molecule has 0 saturated heterocycles. The number of anilines is 1. The van der Waals surface area contributed by atoms with Crippen LogP contribution in [0, 0.1) is 0 Å². The molecule has 0 radical (unpaired) electrons. The van der Waals surface area contributed by atoms with Crippen molar-refractivity contribution in [1.29, 1.82) is 0 Å². The highest BCUT2D eigenvalue weighted by atomic mass is 79.9. The summed E-state index contributed by atoms with van der Waals surface area (Å²) in [5, 5.41) is 13.5. The second-order valence-electron chi connectivity index (χ2n) is 4.99. The zero-order valence-corrected chi connectivity index (χ0v) is 13.2. The first-order chi connectivity index (χ1) is 9.70. The number of benzene rings is 2. The number of nitrogens with one attached hydrogen (secondary N) is 1. The molecule has 2 rings (SSSR count). The molecule has 0 aliphatic rings. The van der Waals surface area contributed by atoms with E-state index < -0.39 is 5.54 Å². The highest BCUT2D eigenvalue weighted by Gasteiger charge is 2.30. The lowest BCUT2D eigenvalue weighted by Crippen LogP contribution is -2.39. The van der Waals surface area contributed by atoms with Crippen molar-refractivity contribution in [3.05, 3.63) is 64.6 Å². The molecule has 1 unspecified atom stereocenters. The lowest BCUT2D eigenvalue weighted by atomic mass is 9.86. The van der Waals surface area contributed by atoms with Gasteiger partial charge in [0.1, 0.15) is 0 Å². The third-order valence-corrected chi connectivity index (χ3v) is 4.03. The van der Waals surface area contributed by atoms with Gasteiger partial charge >= 0.3 is 0 Å². The standard InChI is InChI=1S/C17H20BrNO/c1-2-12-17(13-20,14-6-4-3-5-7-14)19-16-10-8-15(18)9-11-16/h3-11,19-20H,2,12-13H2,1H3. The third kappa shape index (κ3) is 3.41. The van der Waals surface area contributed by atoms with E-state index in [1.54, 1.807) is 0 Å². The molecule has 2 aromatic rings. The molecule has 0 aromatic heterocycles. The van der Waals surface area contributed by atoms with Gasteiger partial charge in [0.25, 0.3) is 0 Å². The maximum Gasteiger partial charge on any atom is 0.0856 e. The zero-order chi connectivity index (χ0) is 14.4. The fourth-order valence-corrected chi connectivity index (χ4v) is 2.75. The molecule has 0 saturated carbocycles. The van der Waals surface area contributed by atoms with Crippen LogP contribution in [0.1, 0.15) is 25.3 Å². The number of halogens is 1. The molecule has 0 aliphatic heterocycles. The van der Waals surface area contributed by atoms with Crippen molar-refractivity contribution < 1.29 is 5.11 Å². The first-order valence-electron chi connectivity index (χ1n) is 6.90. The molecular formula is C17H20BrNO. The summed E-state index contributed by atoms with van der Waals surface area (Å²) < 4.78 is 1.05. The Morgan fingerprint density at radius 3 is 2.25 bits per heavy atom. The molecule has 2 nitrogen and oxygen atoms in total. The first-order valence-corrected chi connectivity index (χ1v) is 7.69. The predicted octanol–water partition coefficient (Wildman–Crippen LogP) is 4.55. The van der Waals surface area contributed by atoms with Gasteiger partial charge in [0, 0.05) is 10.2 Å². The lowest BCUT2D eigenvalue weighted by Gasteiger charge is -2.34.